The SMILES string of the molecule is CC(C)(C)c1ccc(N2B3c4sc5ccc(-c6ccccc6)cc5c4-n4c5cc6c(cc5c5c7oc8ccccc8c7c(c3c54)-c3cc(N(c4ccccc4)c4ccccc4)ccc32)C(C)(C)CCC6(C)C)cc1. The van der Waals surface area contributed by atoms with Gasteiger partial charge in [-0.3, -0.25) is 0 Å². The van der Waals surface area contributed by atoms with Gasteiger partial charge in [0, 0.05) is 65.0 Å². The first-order chi connectivity index (χ1) is 35.8. The van der Waals surface area contributed by atoms with E-state index < -0.39 is 0 Å². The number of furan rings is 1. The molecule has 0 saturated heterocycles. The molecular formula is C68H56BN3OS. The minimum absolute atomic E-state index is 0.00145. The van der Waals surface area contributed by atoms with Crippen molar-refractivity contribution in [2.75, 3.05) is 9.71 Å². The Balaban J connectivity index is 1.15. The van der Waals surface area contributed by atoms with Gasteiger partial charge in [0.15, 0.2) is 0 Å². The highest BCUT2D eigenvalue weighted by molar-refractivity contribution is 7.32. The van der Waals surface area contributed by atoms with E-state index >= 15 is 0 Å². The van der Waals surface area contributed by atoms with Crippen LogP contribution in [0, 0.1) is 0 Å². The van der Waals surface area contributed by atoms with Gasteiger partial charge in [0.2, 0.25) is 0 Å². The van der Waals surface area contributed by atoms with E-state index in [0.29, 0.717) is 0 Å². The minimum atomic E-state index is -0.157. The van der Waals surface area contributed by atoms with Gasteiger partial charge in [-0.05, 0) is 153 Å². The molecule has 2 aliphatic heterocycles. The number of benzene rings is 9. The molecule has 0 spiro atoms. The third kappa shape index (κ3) is 6.15. The highest BCUT2D eigenvalue weighted by Gasteiger charge is 2.48. The summed E-state index contributed by atoms with van der Waals surface area (Å²) in [6.45, 7) is 16.6. The van der Waals surface area contributed by atoms with Crippen LogP contribution in [0.1, 0.15) is 78.0 Å². The molecule has 0 unspecified atom stereocenters. The summed E-state index contributed by atoms with van der Waals surface area (Å²) in [4.78, 5) is 5.10. The van der Waals surface area contributed by atoms with Gasteiger partial charge in [0.1, 0.15) is 11.2 Å². The van der Waals surface area contributed by atoms with E-state index in [9.17, 15) is 0 Å². The zero-order valence-corrected chi connectivity index (χ0v) is 43.9. The number of anilines is 5. The molecule has 15 rings (SSSR count). The molecule has 0 fully saturated rings. The van der Waals surface area contributed by atoms with Crippen LogP contribution in [0.15, 0.2) is 192 Å². The Hall–Kier alpha value is -7.80. The Morgan fingerprint density at radius 2 is 1.23 bits per heavy atom. The second-order valence-electron chi connectivity index (χ2n) is 23.5. The Bertz CT molecular complexity index is 4250. The molecule has 0 saturated carbocycles. The number of hydrogen-bond acceptors (Lipinski definition) is 4. The van der Waals surface area contributed by atoms with Gasteiger partial charge in [-0.1, -0.05) is 152 Å². The van der Waals surface area contributed by atoms with Gasteiger partial charge in [-0.25, -0.2) is 0 Å². The van der Waals surface area contributed by atoms with E-state index in [-0.39, 0.29) is 23.1 Å². The van der Waals surface area contributed by atoms with E-state index in [0.717, 1.165) is 46.5 Å². The van der Waals surface area contributed by atoms with Gasteiger partial charge in [0.05, 0.1) is 22.1 Å². The van der Waals surface area contributed by atoms with Crippen LogP contribution in [-0.4, -0.2) is 11.4 Å². The molecule has 0 atom stereocenters. The highest BCUT2D eigenvalue weighted by Crippen LogP contribution is 2.56. The van der Waals surface area contributed by atoms with Crippen molar-refractivity contribution in [2.24, 2.45) is 0 Å². The van der Waals surface area contributed by atoms with E-state index in [1.54, 1.807) is 0 Å². The van der Waals surface area contributed by atoms with Gasteiger partial charge in [0.25, 0.3) is 0 Å². The number of aromatic nitrogens is 1. The molecule has 74 heavy (non-hydrogen) atoms. The van der Waals surface area contributed by atoms with Gasteiger partial charge >= 0.3 is 6.85 Å². The molecule has 358 valence electrons. The highest BCUT2D eigenvalue weighted by atomic mass is 32.1. The van der Waals surface area contributed by atoms with Crippen LogP contribution in [0.5, 0.6) is 0 Å². The maximum Gasteiger partial charge on any atom is 0.343 e. The zero-order chi connectivity index (χ0) is 50.0. The van der Waals surface area contributed by atoms with Crippen LogP contribution in [0.2, 0.25) is 0 Å². The molecule has 12 aromatic rings. The Labute approximate surface area is 437 Å². The maximum atomic E-state index is 7.44. The van der Waals surface area contributed by atoms with Gasteiger partial charge in [-0.15, -0.1) is 11.3 Å². The van der Waals surface area contributed by atoms with Crippen LogP contribution in [0.4, 0.5) is 28.4 Å². The summed E-state index contributed by atoms with van der Waals surface area (Å²) in [6, 6.07) is 70.4. The molecule has 5 heterocycles. The Morgan fingerprint density at radius 1 is 0.581 bits per heavy atom. The Morgan fingerprint density at radius 3 is 1.92 bits per heavy atom. The average molecular weight is 974 g/mol. The van der Waals surface area contributed by atoms with Gasteiger partial charge in [-0.2, -0.15) is 0 Å². The van der Waals surface area contributed by atoms with Crippen LogP contribution in [-0.2, 0) is 16.2 Å². The fourth-order valence-electron chi connectivity index (χ4n) is 13.3. The van der Waals surface area contributed by atoms with Crippen LogP contribution in [0.3, 0.4) is 0 Å². The molecule has 0 bridgehead atoms. The number of thiophene rings is 1. The predicted octanol–water partition coefficient (Wildman–Crippen LogP) is 17.9. The lowest BCUT2D eigenvalue weighted by Crippen LogP contribution is -2.59. The normalized spacial score (nSPS) is 15.3. The zero-order valence-electron chi connectivity index (χ0n) is 43.0. The first-order valence-corrected chi connectivity index (χ1v) is 27.2. The summed E-state index contributed by atoms with van der Waals surface area (Å²) in [5.74, 6) is 0. The van der Waals surface area contributed by atoms with Crippen molar-refractivity contribution >= 4 is 111 Å². The van der Waals surface area contributed by atoms with E-state index in [2.05, 4.69) is 251 Å². The summed E-state index contributed by atoms with van der Waals surface area (Å²) in [5.41, 5.74) is 21.8. The van der Waals surface area contributed by atoms with E-state index in [1.165, 1.54) is 104 Å². The number of fused-ring (bicyclic) bond motifs is 16. The van der Waals surface area contributed by atoms with Crippen molar-refractivity contribution in [3.05, 3.63) is 205 Å². The number of rotatable bonds is 5. The molecule has 0 N–H and O–H groups in total. The smallest absolute Gasteiger partial charge is 0.343 e. The van der Waals surface area contributed by atoms with Crippen LogP contribution >= 0.6 is 11.3 Å². The first kappa shape index (κ1) is 43.8. The number of hydrogen-bond donors (Lipinski definition) is 0. The van der Waals surface area contributed by atoms with Crippen molar-refractivity contribution in [1.29, 1.82) is 0 Å². The van der Waals surface area contributed by atoms with Crippen molar-refractivity contribution < 1.29 is 4.42 Å². The predicted molar refractivity (Wildman–Crippen MR) is 317 cm³/mol. The molecule has 4 nitrogen and oxygen atoms in total. The topological polar surface area (TPSA) is 24.6 Å². The Kier molecular flexibility index (Phi) is 9.09. The first-order valence-electron chi connectivity index (χ1n) is 26.4. The largest absolute Gasteiger partial charge is 0.455 e. The molecule has 3 aliphatic rings. The fourth-order valence-corrected chi connectivity index (χ4v) is 14.5. The second kappa shape index (κ2) is 15.4. The average Bonchev–Trinajstić information content (AvgIpc) is 4.12. The number of nitrogens with zero attached hydrogens (tertiary/aromatic N) is 3. The summed E-state index contributed by atoms with van der Waals surface area (Å²) >= 11 is 1.97. The van der Waals surface area contributed by atoms with E-state index in [1.807, 2.05) is 11.3 Å². The molecule has 1 aliphatic carbocycles. The van der Waals surface area contributed by atoms with Gasteiger partial charge < -0.3 is 18.7 Å². The fraction of sp³-hybridized carbons (Fsp3) is 0.176. The van der Waals surface area contributed by atoms with Crippen LogP contribution in [0.25, 0.3) is 81.8 Å². The summed E-state index contributed by atoms with van der Waals surface area (Å²) in [5, 5.41) is 6.09. The number of para-hydroxylation sites is 3. The lowest BCUT2D eigenvalue weighted by atomic mass is 9.47. The van der Waals surface area contributed by atoms with Crippen molar-refractivity contribution in [2.45, 2.75) is 77.6 Å². The molecule has 0 radical (unpaired) electrons. The maximum absolute atomic E-state index is 7.44. The van der Waals surface area contributed by atoms with Crippen molar-refractivity contribution in [3.8, 4) is 27.9 Å². The monoisotopic (exact) mass is 973 g/mol. The summed E-state index contributed by atoms with van der Waals surface area (Å²) < 4.78 is 12.8. The molecule has 6 heteroatoms. The molecular weight excluding hydrogens is 918 g/mol. The summed E-state index contributed by atoms with van der Waals surface area (Å²) in [7, 11) is 0. The third-order valence-corrected chi connectivity index (χ3v) is 18.4. The van der Waals surface area contributed by atoms with Crippen molar-refractivity contribution in [3.63, 3.8) is 0 Å². The minimum Gasteiger partial charge on any atom is -0.455 e. The molecule has 3 aromatic heterocycles. The third-order valence-electron chi connectivity index (χ3n) is 17.1. The summed E-state index contributed by atoms with van der Waals surface area (Å²) in [6.07, 6.45) is 2.28. The van der Waals surface area contributed by atoms with Crippen molar-refractivity contribution in [1.82, 2.24) is 4.57 Å². The lowest BCUT2D eigenvalue weighted by Gasteiger charge is -2.42. The second-order valence-corrected chi connectivity index (χ2v) is 24.6. The quantitative estimate of drug-likeness (QED) is 0.161. The molecule has 9 aromatic carbocycles. The standard InChI is InChI=1S/C68H56BN3OS/c1-66(2,3)43-28-30-46(31-29-43)72-54-33-32-47(70(44-21-13-9-14-22-44)45-23-15-10-16-24-45)38-49(54)58-59-48-25-17-18-26-56(48)73-64(59)60-50-39-52-53(68(6,7)36-35-67(52,4)5)40-55(50)71-62-51-37-42(41-19-11-8-12-20-41)27-34-57(51)74-65(62)69(72)61(58)63(60)71/h8-34,37-40H,35-36H2,1-7H3. The molecule has 0 amide bonds. The van der Waals surface area contributed by atoms with E-state index in [4.69, 9.17) is 4.42 Å². The lowest BCUT2D eigenvalue weighted by molar-refractivity contribution is 0.332. The van der Waals surface area contributed by atoms with Crippen LogP contribution < -0.4 is 20.0 Å².